The SMILES string of the molecule is CC(=O)N[C@H](CC(=O)O)NC(=O)[C@@H]1CCCN(C(=O)C=CC2CCNCC2)C1. The molecule has 9 heteroatoms. The van der Waals surface area contributed by atoms with Crippen LogP contribution >= 0.6 is 0 Å². The van der Waals surface area contributed by atoms with Crippen molar-refractivity contribution in [3.8, 4) is 0 Å². The summed E-state index contributed by atoms with van der Waals surface area (Å²) in [6.45, 7) is 4.07. The summed E-state index contributed by atoms with van der Waals surface area (Å²) in [5.41, 5.74) is 0. The Morgan fingerprint density at radius 2 is 1.89 bits per heavy atom. The molecule has 28 heavy (non-hydrogen) atoms. The summed E-state index contributed by atoms with van der Waals surface area (Å²) in [6, 6.07) is 0. The van der Waals surface area contributed by atoms with Gasteiger partial charge in [0.25, 0.3) is 0 Å². The van der Waals surface area contributed by atoms with E-state index in [1.54, 1.807) is 11.0 Å². The van der Waals surface area contributed by atoms with Crippen molar-refractivity contribution in [3.63, 3.8) is 0 Å². The summed E-state index contributed by atoms with van der Waals surface area (Å²) in [5, 5.41) is 17.2. The normalized spacial score (nSPS) is 21.9. The minimum Gasteiger partial charge on any atom is -0.481 e. The van der Waals surface area contributed by atoms with Crippen LogP contribution in [0.2, 0.25) is 0 Å². The fourth-order valence-corrected chi connectivity index (χ4v) is 3.60. The van der Waals surface area contributed by atoms with Gasteiger partial charge in [0.2, 0.25) is 17.7 Å². The van der Waals surface area contributed by atoms with Crippen molar-refractivity contribution in [1.82, 2.24) is 20.9 Å². The number of nitrogens with zero attached hydrogens (tertiary/aromatic N) is 1. The van der Waals surface area contributed by atoms with Gasteiger partial charge in [-0.25, -0.2) is 0 Å². The Hall–Kier alpha value is -2.42. The molecule has 4 N–H and O–H groups in total. The lowest BCUT2D eigenvalue weighted by Gasteiger charge is -2.32. The Morgan fingerprint density at radius 1 is 1.18 bits per heavy atom. The molecule has 9 nitrogen and oxygen atoms in total. The van der Waals surface area contributed by atoms with Crippen LogP contribution in [-0.4, -0.2) is 66.0 Å². The number of allylic oxidation sites excluding steroid dienone is 1. The number of rotatable bonds is 7. The van der Waals surface area contributed by atoms with Gasteiger partial charge >= 0.3 is 5.97 Å². The average molecular weight is 394 g/mol. The van der Waals surface area contributed by atoms with E-state index in [1.807, 2.05) is 6.08 Å². The van der Waals surface area contributed by atoms with Crippen LogP contribution in [0.4, 0.5) is 0 Å². The van der Waals surface area contributed by atoms with E-state index >= 15 is 0 Å². The summed E-state index contributed by atoms with van der Waals surface area (Å²) in [7, 11) is 0. The molecule has 2 saturated heterocycles. The molecule has 0 bridgehead atoms. The van der Waals surface area contributed by atoms with Gasteiger partial charge in [0.05, 0.1) is 12.3 Å². The van der Waals surface area contributed by atoms with E-state index in [9.17, 15) is 19.2 Å². The van der Waals surface area contributed by atoms with E-state index in [1.165, 1.54) is 6.92 Å². The largest absolute Gasteiger partial charge is 0.481 e. The average Bonchev–Trinajstić information content (AvgIpc) is 2.66. The lowest BCUT2D eigenvalue weighted by atomic mass is 9.96. The lowest BCUT2D eigenvalue weighted by Crippen LogP contribution is -2.52. The van der Waals surface area contributed by atoms with Gasteiger partial charge < -0.3 is 26.0 Å². The minimum atomic E-state index is -1.12. The summed E-state index contributed by atoms with van der Waals surface area (Å²) in [5.74, 6) is -2.00. The minimum absolute atomic E-state index is 0.0972. The molecule has 0 aliphatic carbocycles. The second kappa shape index (κ2) is 10.8. The Kier molecular flexibility index (Phi) is 8.43. The molecule has 0 aromatic heterocycles. The molecular formula is C19H30N4O5. The number of amides is 3. The van der Waals surface area contributed by atoms with E-state index in [-0.39, 0.29) is 11.8 Å². The third-order valence-corrected chi connectivity index (χ3v) is 5.07. The fourth-order valence-electron chi connectivity index (χ4n) is 3.60. The van der Waals surface area contributed by atoms with Gasteiger partial charge in [0.1, 0.15) is 6.17 Å². The van der Waals surface area contributed by atoms with Crippen LogP contribution in [0.5, 0.6) is 0 Å². The third-order valence-electron chi connectivity index (χ3n) is 5.07. The number of piperidine rings is 2. The molecule has 3 amide bonds. The van der Waals surface area contributed by atoms with Crippen molar-refractivity contribution in [2.45, 2.75) is 45.2 Å². The van der Waals surface area contributed by atoms with Crippen molar-refractivity contribution < 1.29 is 24.3 Å². The molecular weight excluding hydrogens is 364 g/mol. The van der Waals surface area contributed by atoms with Gasteiger partial charge in [-0.1, -0.05) is 6.08 Å². The van der Waals surface area contributed by atoms with Gasteiger partial charge in [-0.05, 0) is 50.8 Å². The maximum atomic E-state index is 12.5. The smallest absolute Gasteiger partial charge is 0.307 e. The second-order valence-electron chi connectivity index (χ2n) is 7.43. The van der Waals surface area contributed by atoms with Crippen LogP contribution in [-0.2, 0) is 19.2 Å². The Labute approximate surface area is 164 Å². The Morgan fingerprint density at radius 3 is 2.54 bits per heavy atom. The van der Waals surface area contributed by atoms with Crippen LogP contribution in [0.3, 0.4) is 0 Å². The number of hydrogen-bond donors (Lipinski definition) is 4. The maximum absolute atomic E-state index is 12.5. The molecule has 2 heterocycles. The summed E-state index contributed by atoms with van der Waals surface area (Å²) < 4.78 is 0. The molecule has 0 spiro atoms. The van der Waals surface area contributed by atoms with Gasteiger partial charge in [-0.15, -0.1) is 0 Å². The van der Waals surface area contributed by atoms with Crippen LogP contribution in [0.25, 0.3) is 0 Å². The highest BCUT2D eigenvalue weighted by atomic mass is 16.4. The van der Waals surface area contributed by atoms with Gasteiger partial charge in [0.15, 0.2) is 0 Å². The molecule has 0 saturated carbocycles. The standard InChI is InChI=1S/C19H30N4O5/c1-13(24)21-16(11-18(26)27)22-19(28)15-3-2-10-23(12-15)17(25)5-4-14-6-8-20-9-7-14/h4-5,14-16,20H,2-3,6-12H2,1H3,(H,21,24)(H,22,28)(H,26,27)/t15-,16+/m1/s1. The van der Waals surface area contributed by atoms with E-state index < -0.39 is 30.4 Å². The molecule has 2 aliphatic heterocycles. The number of carboxylic acids is 1. The molecule has 0 unspecified atom stereocenters. The number of carbonyl (C=O) groups is 4. The first kappa shape index (κ1) is 21.9. The van der Waals surface area contributed by atoms with E-state index in [0.717, 1.165) is 25.9 Å². The van der Waals surface area contributed by atoms with Gasteiger partial charge in [-0.3, -0.25) is 19.2 Å². The lowest BCUT2D eigenvalue weighted by molar-refractivity contribution is -0.138. The first-order chi connectivity index (χ1) is 13.3. The van der Waals surface area contributed by atoms with Gasteiger partial charge in [-0.2, -0.15) is 0 Å². The quantitative estimate of drug-likeness (QED) is 0.351. The molecule has 2 fully saturated rings. The summed E-state index contributed by atoms with van der Waals surface area (Å²) in [6.07, 6.45) is 5.56. The topological polar surface area (TPSA) is 128 Å². The monoisotopic (exact) mass is 394 g/mol. The van der Waals surface area contributed by atoms with Crippen LogP contribution < -0.4 is 16.0 Å². The Bertz CT molecular complexity index is 599. The van der Waals surface area contributed by atoms with Crippen LogP contribution in [0, 0.1) is 11.8 Å². The molecule has 2 rings (SSSR count). The van der Waals surface area contributed by atoms with E-state index in [4.69, 9.17) is 5.11 Å². The predicted molar refractivity (Wildman–Crippen MR) is 102 cm³/mol. The van der Waals surface area contributed by atoms with Crippen molar-refractivity contribution in [2.75, 3.05) is 26.2 Å². The van der Waals surface area contributed by atoms with E-state index in [2.05, 4.69) is 16.0 Å². The molecule has 2 atom stereocenters. The highest BCUT2D eigenvalue weighted by Gasteiger charge is 2.29. The molecule has 0 radical (unpaired) electrons. The zero-order valence-corrected chi connectivity index (χ0v) is 16.3. The summed E-state index contributed by atoms with van der Waals surface area (Å²) in [4.78, 5) is 48.8. The zero-order chi connectivity index (χ0) is 20.5. The molecule has 0 aromatic carbocycles. The first-order valence-corrected chi connectivity index (χ1v) is 9.82. The van der Waals surface area contributed by atoms with E-state index in [0.29, 0.717) is 31.8 Å². The second-order valence-corrected chi connectivity index (χ2v) is 7.43. The van der Waals surface area contributed by atoms with Crippen LogP contribution in [0.1, 0.15) is 39.0 Å². The fraction of sp³-hybridized carbons (Fsp3) is 0.684. The maximum Gasteiger partial charge on any atom is 0.307 e. The molecule has 156 valence electrons. The predicted octanol–water partition coefficient (Wildman–Crippen LogP) is -0.166. The molecule has 2 aliphatic rings. The van der Waals surface area contributed by atoms with Gasteiger partial charge in [0, 0.05) is 20.0 Å². The van der Waals surface area contributed by atoms with Crippen LogP contribution in [0.15, 0.2) is 12.2 Å². The number of carbonyl (C=O) groups excluding carboxylic acids is 3. The molecule has 0 aromatic rings. The van der Waals surface area contributed by atoms with Crippen molar-refractivity contribution in [2.24, 2.45) is 11.8 Å². The number of nitrogens with one attached hydrogen (secondary N) is 3. The Balaban J connectivity index is 1.88. The summed E-state index contributed by atoms with van der Waals surface area (Å²) >= 11 is 0. The number of carboxylic acid groups (broad SMARTS) is 1. The van der Waals surface area contributed by atoms with Crippen molar-refractivity contribution in [1.29, 1.82) is 0 Å². The first-order valence-electron chi connectivity index (χ1n) is 9.82. The highest BCUT2D eigenvalue weighted by Crippen LogP contribution is 2.18. The van der Waals surface area contributed by atoms with Crippen molar-refractivity contribution >= 4 is 23.7 Å². The number of likely N-dealkylation sites (tertiary alicyclic amines) is 1. The number of hydrogen-bond acceptors (Lipinski definition) is 5. The number of aliphatic carboxylic acids is 1. The highest BCUT2D eigenvalue weighted by molar-refractivity contribution is 5.88. The third kappa shape index (κ3) is 7.30. The zero-order valence-electron chi connectivity index (χ0n) is 16.3. The van der Waals surface area contributed by atoms with Crippen molar-refractivity contribution in [3.05, 3.63) is 12.2 Å².